The van der Waals surface area contributed by atoms with Gasteiger partial charge in [-0.3, -0.25) is 0 Å². The first-order valence-corrected chi connectivity index (χ1v) is 2.97. The van der Waals surface area contributed by atoms with E-state index in [9.17, 15) is 0 Å². The van der Waals surface area contributed by atoms with Gasteiger partial charge in [0.1, 0.15) is 5.60 Å². The van der Waals surface area contributed by atoms with E-state index in [2.05, 4.69) is 0 Å². The van der Waals surface area contributed by atoms with Crippen molar-refractivity contribution in [2.75, 3.05) is 20.8 Å². The van der Waals surface area contributed by atoms with Gasteiger partial charge >= 0.3 is 0 Å². The number of ether oxygens (including phenoxy) is 2. The van der Waals surface area contributed by atoms with Gasteiger partial charge in [-0.05, 0) is 6.92 Å². The second-order valence-electron chi connectivity index (χ2n) is 2.32. The fraction of sp³-hybridized carbons (Fsp3) is 1.00. The normalized spacial score (nSPS) is 17.4. The Balaban J connectivity index is 3.94. The van der Waals surface area contributed by atoms with Crippen LogP contribution in [0.3, 0.4) is 0 Å². The van der Waals surface area contributed by atoms with Crippen LogP contribution in [-0.2, 0) is 9.47 Å². The van der Waals surface area contributed by atoms with Crippen LogP contribution in [0.1, 0.15) is 6.92 Å². The van der Waals surface area contributed by atoms with Crippen LogP contribution < -0.4 is 0 Å². The van der Waals surface area contributed by atoms with Crippen molar-refractivity contribution in [3.8, 4) is 0 Å². The van der Waals surface area contributed by atoms with Crippen LogP contribution in [-0.4, -0.2) is 42.9 Å². The molecule has 2 N–H and O–H groups in total. The molecular weight excluding hydrogens is 136 g/mol. The van der Waals surface area contributed by atoms with E-state index in [0.717, 1.165) is 0 Å². The number of aliphatic hydroxyl groups is 2. The molecule has 0 aromatic heterocycles. The van der Waals surface area contributed by atoms with Gasteiger partial charge < -0.3 is 19.7 Å². The van der Waals surface area contributed by atoms with Gasteiger partial charge in [0.25, 0.3) is 0 Å². The van der Waals surface area contributed by atoms with Gasteiger partial charge in [0, 0.05) is 14.2 Å². The second-order valence-corrected chi connectivity index (χ2v) is 2.32. The van der Waals surface area contributed by atoms with Crippen LogP contribution >= 0.6 is 0 Å². The molecule has 62 valence electrons. The number of aliphatic hydroxyl groups excluding tert-OH is 1. The maximum Gasteiger partial charge on any atom is 0.183 e. The second kappa shape index (κ2) is 3.88. The van der Waals surface area contributed by atoms with Crippen molar-refractivity contribution in [2.45, 2.75) is 18.8 Å². The highest BCUT2D eigenvalue weighted by Gasteiger charge is 2.31. The number of hydrogen-bond donors (Lipinski definition) is 2. The molecule has 0 aromatic carbocycles. The SMILES string of the molecule is COCC(C)(OC)C(O)O. The van der Waals surface area contributed by atoms with Gasteiger partial charge in [0.2, 0.25) is 0 Å². The first kappa shape index (κ1) is 9.84. The highest BCUT2D eigenvalue weighted by molar-refractivity contribution is 4.75. The Hall–Kier alpha value is -0.160. The fourth-order valence-electron chi connectivity index (χ4n) is 0.525. The standard InChI is InChI=1S/C6H14O4/c1-6(10-3,4-9-2)5(7)8/h5,7-8H,4H2,1-3H3. The molecule has 10 heavy (non-hydrogen) atoms. The molecule has 0 saturated heterocycles. The van der Waals surface area contributed by atoms with E-state index < -0.39 is 11.9 Å². The average Bonchev–Trinajstić information content (AvgIpc) is 1.88. The highest BCUT2D eigenvalue weighted by Crippen LogP contribution is 2.12. The van der Waals surface area contributed by atoms with E-state index >= 15 is 0 Å². The van der Waals surface area contributed by atoms with E-state index in [0.29, 0.717) is 0 Å². The lowest BCUT2D eigenvalue weighted by Crippen LogP contribution is -2.45. The topological polar surface area (TPSA) is 58.9 Å². The molecule has 1 atom stereocenters. The number of hydrogen-bond acceptors (Lipinski definition) is 4. The fourth-order valence-corrected chi connectivity index (χ4v) is 0.525. The zero-order chi connectivity index (χ0) is 8.20. The largest absolute Gasteiger partial charge is 0.381 e. The third-order valence-corrected chi connectivity index (χ3v) is 1.44. The Morgan fingerprint density at radius 1 is 1.40 bits per heavy atom. The molecule has 0 aliphatic rings. The lowest BCUT2D eigenvalue weighted by Gasteiger charge is -2.28. The number of methoxy groups -OCH3 is 2. The van der Waals surface area contributed by atoms with E-state index in [-0.39, 0.29) is 6.61 Å². The molecule has 0 spiro atoms. The minimum absolute atomic E-state index is 0.154. The molecule has 1 unspecified atom stereocenters. The Morgan fingerprint density at radius 3 is 2.00 bits per heavy atom. The first-order valence-electron chi connectivity index (χ1n) is 2.97. The van der Waals surface area contributed by atoms with Crippen LogP contribution in [0.2, 0.25) is 0 Å². The monoisotopic (exact) mass is 150 g/mol. The van der Waals surface area contributed by atoms with E-state index in [1.807, 2.05) is 0 Å². The van der Waals surface area contributed by atoms with E-state index in [1.54, 1.807) is 6.92 Å². The maximum atomic E-state index is 8.75. The van der Waals surface area contributed by atoms with Crippen LogP contribution in [0.4, 0.5) is 0 Å². The predicted molar refractivity (Wildman–Crippen MR) is 35.5 cm³/mol. The van der Waals surface area contributed by atoms with Crippen molar-refractivity contribution in [3.63, 3.8) is 0 Å². The first-order chi connectivity index (χ1) is 4.56. The molecule has 0 aliphatic carbocycles. The summed E-state index contributed by atoms with van der Waals surface area (Å²) in [5, 5.41) is 17.5. The smallest absolute Gasteiger partial charge is 0.183 e. The lowest BCUT2D eigenvalue weighted by atomic mass is 10.1. The van der Waals surface area contributed by atoms with Gasteiger partial charge in [0.05, 0.1) is 6.61 Å². The van der Waals surface area contributed by atoms with Crippen LogP contribution in [0, 0.1) is 0 Å². The molecule has 0 saturated carbocycles. The predicted octanol–water partition coefficient (Wildman–Crippen LogP) is -0.651. The average molecular weight is 150 g/mol. The van der Waals surface area contributed by atoms with Crippen molar-refractivity contribution in [1.29, 1.82) is 0 Å². The zero-order valence-electron chi connectivity index (χ0n) is 6.50. The number of rotatable bonds is 4. The Labute approximate surface area is 60.4 Å². The molecule has 0 heterocycles. The summed E-state index contributed by atoms with van der Waals surface area (Å²) >= 11 is 0. The van der Waals surface area contributed by atoms with Crippen molar-refractivity contribution in [1.82, 2.24) is 0 Å². The molecule has 0 radical (unpaired) electrons. The van der Waals surface area contributed by atoms with Crippen molar-refractivity contribution in [3.05, 3.63) is 0 Å². The van der Waals surface area contributed by atoms with Gasteiger partial charge in [-0.15, -0.1) is 0 Å². The minimum atomic E-state index is -1.52. The minimum Gasteiger partial charge on any atom is -0.381 e. The quantitative estimate of drug-likeness (QED) is 0.523. The zero-order valence-corrected chi connectivity index (χ0v) is 6.50. The molecule has 4 nitrogen and oxygen atoms in total. The third-order valence-electron chi connectivity index (χ3n) is 1.44. The van der Waals surface area contributed by atoms with Crippen molar-refractivity contribution < 1.29 is 19.7 Å². The summed E-state index contributed by atoms with van der Waals surface area (Å²) in [7, 11) is 2.87. The highest BCUT2D eigenvalue weighted by atomic mass is 16.6. The molecule has 0 fully saturated rings. The van der Waals surface area contributed by atoms with E-state index in [1.165, 1.54) is 14.2 Å². The summed E-state index contributed by atoms with van der Waals surface area (Å²) in [6.07, 6.45) is -1.52. The molecule has 0 bridgehead atoms. The van der Waals surface area contributed by atoms with Gasteiger partial charge in [0.15, 0.2) is 6.29 Å². The van der Waals surface area contributed by atoms with Crippen LogP contribution in [0.25, 0.3) is 0 Å². The summed E-state index contributed by atoms with van der Waals surface area (Å²) in [5.41, 5.74) is -1.02. The summed E-state index contributed by atoms with van der Waals surface area (Å²) < 4.78 is 9.53. The molecule has 0 amide bonds. The Kier molecular flexibility index (Phi) is 3.81. The van der Waals surface area contributed by atoms with Crippen molar-refractivity contribution >= 4 is 0 Å². The van der Waals surface area contributed by atoms with Gasteiger partial charge in [-0.2, -0.15) is 0 Å². The van der Waals surface area contributed by atoms with Gasteiger partial charge in [-0.1, -0.05) is 0 Å². The Bertz CT molecular complexity index is 93.7. The molecule has 0 rings (SSSR count). The van der Waals surface area contributed by atoms with Crippen LogP contribution in [0.5, 0.6) is 0 Å². The van der Waals surface area contributed by atoms with Gasteiger partial charge in [-0.25, -0.2) is 0 Å². The molecule has 4 heteroatoms. The summed E-state index contributed by atoms with van der Waals surface area (Å²) in [6, 6.07) is 0. The molecule has 0 aliphatic heterocycles. The molecular formula is C6H14O4. The van der Waals surface area contributed by atoms with E-state index in [4.69, 9.17) is 19.7 Å². The van der Waals surface area contributed by atoms with Crippen molar-refractivity contribution in [2.24, 2.45) is 0 Å². The Morgan fingerprint density at radius 2 is 1.90 bits per heavy atom. The van der Waals surface area contributed by atoms with Crippen LogP contribution in [0.15, 0.2) is 0 Å². The summed E-state index contributed by atoms with van der Waals surface area (Å²) in [4.78, 5) is 0. The maximum absolute atomic E-state index is 8.75. The summed E-state index contributed by atoms with van der Waals surface area (Å²) in [6.45, 7) is 1.71. The summed E-state index contributed by atoms with van der Waals surface area (Å²) in [5.74, 6) is 0. The lowest BCUT2D eigenvalue weighted by molar-refractivity contribution is -0.207. The molecule has 0 aromatic rings. The third kappa shape index (κ3) is 2.22.